The molecule has 0 bridgehead atoms. The third-order valence-corrected chi connectivity index (χ3v) is 3.93. The second kappa shape index (κ2) is 4.95. The summed E-state index contributed by atoms with van der Waals surface area (Å²) in [5.41, 5.74) is 3.61. The normalized spacial score (nSPS) is 15.3. The van der Waals surface area contributed by atoms with Crippen molar-refractivity contribution in [3.8, 4) is 0 Å². The van der Waals surface area contributed by atoms with E-state index in [1.165, 1.54) is 23.3 Å². The van der Waals surface area contributed by atoms with Crippen LogP contribution in [0.25, 0.3) is 0 Å². The molecule has 1 aliphatic carbocycles. The van der Waals surface area contributed by atoms with Crippen LogP contribution in [0, 0.1) is 5.82 Å². The first-order valence-electron chi connectivity index (χ1n) is 6.40. The number of hydrogen-bond acceptors (Lipinski definition) is 1. The number of fused-ring (bicyclic) bond motifs is 1. The van der Waals surface area contributed by atoms with Crippen molar-refractivity contribution in [3.05, 3.63) is 69.5 Å². The first kappa shape index (κ1) is 12.6. The van der Waals surface area contributed by atoms with Gasteiger partial charge in [0.1, 0.15) is 11.9 Å². The van der Waals surface area contributed by atoms with Crippen molar-refractivity contribution in [2.75, 3.05) is 0 Å². The molecule has 0 saturated carbocycles. The minimum absolute atomic E-state index is 0.266. The molecule has 3 heteroatoms. The molecule has 2 aromatic carbocycles. The van der Waals surface area contributed by atoms with E-state index in [1.807, 2.05) is 18.2 Å². The Morgan fingerprint density at radius 2 is 1.84 bits per heavy atom. The highest BCUT2D eigenvalue weighted by Crippen LogP contribution is 2.30. The Kier molecular flexibility index (Phi) is 3.29. The largest absolute Gasteiger partial charge is 0.384 e. The Morgan fingerprint density at radius 3 is 2.63 bits per heavy atom. The average Bonchev–Trinajstić information content (AvgIpc) is 2.85. The molecule has 1 unspecified atom stereocenters. The van der Waals surface area contributed by atoms with Crippen LogP contribution < -0.4 is 0 Å². The lowest BCUT2D eigenvalue weighted by atomic mass is 9.97. The lowest BCUT2D eigenvalue weighted by Gasteiger charge is -2.14. The summed E-state index contributed by atoms with van der Waals surface area (Å²) in [6.45, 7) is 0. The van der Waals surface area contributed by atoms with E-state index >= 15 is 0 Å². The number of aliphatic hydroxyl groups excluding tert-OH is 1. The summed E-state index contributed by atoms with van der Waals surface area (Å²) in [7, 11) is 0. The van der Waals surface area contributed by atoms with Crippen molar-refractivity contribution in [1.82, 2.24) is 0 Å². The van der Waals surface area contributed by atoms with E-state index < -0.39 is 11.9 Å². The average molecular weight is 277 g/mol. The van der Waals surface area contributed by atoms with E-state index in [9.17, 15) is 9.50 Å². The SMILES string of the molecule is OC(c1ccc2c(c1)CCC2)c1ccc(Cl)cc1F. The number of benzene rings is 2. The van der Waals surface area contributed by atoms with Gasteiger partial charge in [-0.1, -0.05) is 35.9 Å². The molecule has 98 valence electrons. The summed E-state index contributed by atoms with van der Waals surface area (Å²) in [6.07, 6.45) is 2.35. The molecule has 3 rings (SSSR count). The Hall–Kier alpha value is -1.38. The van der Waals surface area contributed by atoms with Crippen LogP contribution in [-0.2, 0) is 12.8 Å². The van der Waals surface area contributed by atoms with Crippen molar-refractivity contribution in [2.45, 2.75) is 25.4 Å². The van der Waals surface area contributed by atoms with Crippen molar-refractivity contribution < 1.29 is 9.50 Å². The molecule has 0 spiro atoms. The quantitative estimate of drug-likeness (QED) is 0.877. The van der Waals surface area contributed by atoms with E-state index in [0.29, 0.717) is 5.02 Å². The molecular weight excluding hydrogens is 263 g/mol. The molecule has 0 heterocycles. The molecule has 0 radical (unpaired) electrons. The highest BCUT2D eigenvalue weighted by Gasteiger charge is 2.18. The van der Waals surface area contributed by atoms with Gasteiger partial charge in [-0.05, 0) is 48.1 Å². The second-order valence-electron chi connectivity index (χ2n) is 4.95. The van der Waals surface area contributed by atoms with Crippen molar-refractivity contribution in [2.24, 2.45) is 0 Å². The fourth-order valence-corrected chi connectivity index (χ4v) is 2.82. The Morgan fingerprint density at radius 1 is 1.05 bits per heavy atom. The first-order chi connectivity index (χ1) is 9.15. The van der Waals surface area contributed by atoms with Crippen LogP contribution >= 0.6 is 11.6 Å². The predicted molar refractivity (Wildman–Crippen MR) is 73.9 cm³/mol. The summed E-state index contributed by atoms with van der Waals surface area (Å²) in [6, 6.07) is 10.3. The predicted octanol–water partition coefficient (Wildman–Crippen LogP) is 4.05. The highest BCUT2D eigenvalue weighted by molar-refractivity contribution is 6.30. The zero-order valence-electron chi connectivity index (χ0n) is 10.4. The Bertz CT molecular complexity index is 624. The van der Waals surface area contributed by atoms with Crippen LogP contribution in [0.4, 0.5) is 4.39 Å². The molecule has 1 aliphatic rings. The molecule has 0 aliphatic heterocycles. The Balaban J connectivity index is 1.97. The fraction of sp³-hybridized carbons (Fsp3) is 0.250. The van der Waals surface area contributed by atoms with E-state index in [2.05, 4.69) is 0 Å². The van der Waals surface area contributed by atoms with Crippen molar-refractivity contribution in [3.63, 3.8) is 0 Å². The number of hydrogen-bond donors (Lipinski definition) is 1. The Labute approximate surface area is 116 Å². The maximum Gasteiger partial charge on any atom is 0.130 e. The summed E-state index contributed by atoms with van der Waals surface area (Å²) in [5, 5.41) is 10.6. The maximum atomic E-state index is 13.8. The molecule has 19 heavy (non-hydrogen) atoms. The third-order valence-electron chi connectivity index (χ3n) is 3.70. The molecular formula is C16H14ClFO. The van der Waals surface area contributed by atoms with Gasteiger partial charge in [0.05, 0.1) is 0 Å². The summed E-state index contributed by atoms with van der Waals surface area (Å²) < 4.78 is 13.8. The van der Waals surface area contributed by atoms with Gasteiger partial charge in [-0.25, -0.2) is 4.39 Å². The molecule has 1 nitrogen and oxygen atoms in total. The van der Waals surface area contributed by atoms with Crippen LogP contribution in [0.3, 0.4) is 0 Å². The van der Waals surface area contributed by atoms with Gasteiger partial charge in [0, 0.05) is 10.6 Å². The number of aliphatic hydroxyl groups is 1. The molecule has 0 aromatic heterocycles. The van der Waals surface area contributed by atoms with Gasteiger partial charge in [0.15, 0.2) is 0 Å². The lowest BCUT2D eigenvalue weighted by Crippen LogP contribution is -2.03. The highest BCUT2D eigenvalue weighted by atomic mass is 35.5. The minimum atomic E-state index is -0.942. The maximum absolute atomic E-state index is 13.8. The third kappa shape index (κ3) is 2.38. The second-order valence-corrected chi connectivity index (χ2v) is 5.39. The van der Waals surface area contributed by atoms with E-state index in [0.717, 1.165) is 24.8 Å². The number of aryl methyl sites for hydroxylation is 2. The molecule has 0 amide bonds. The van der Waals surface area contributed by atoms with Gasteiger partial charge in [-0.15, -0.1) is 0 Å². The van der Waals surface area contributed by atoms with Gasteiger partial charge in [0.25, 0.3) is 0 Å². The summed E-state index contributed by atoms with van der Waals surface area (Å²) in [4.78, 5) is 0. The fourth-order valence-electron chi connectivity index (χ4n) is 2.66. The van der Waals surface area contributed by atoms with E-state index in [1.54, 1.807) is 6.07 Å². The van der Waals surface area contributed by atoms with Crippen LogP contribution in [-0.4, -0.2) is 5.11 Å². The van der Waals surface area contributed by atoms with Crippen LogP contribution in [0.15, 0.2) is 36.4 Å². The van der Waals surface area contributed by atoms with Gasteiger partial charge < -0.3 is 5.11 Å². The van der Waals surface area contributed by atoms with Gasteiger partial charge in [0.2, 0.25) is 0 Å². The monoisotopic (exact) mass is 276 g/mol. The molecule has 0 fully saturated rings. The smallest absolute Gasteiger partial charge is 0.130 e. The molecule has 2 aromatic rings. The lowest BCUT2D eigenvalue weighted by molar-refractivity contribution is 0.215. The molecule has 0 saturated heterocycles. The molecule has 1 N–H and O–H groups in total. The number of rotatable bonds is 2. The van der Waals surface area contributed by atoms with Gasteiger partial charge in [-0.2, -0.15) is 0 Å². The van der Waals surface area contributed by atoms with Crippen LogP contribution in [0.2, 0.25) is 5.02 Å². The summed E-state index contributed by atoms with van der Waals surface area (Å²) in [5.74, 6) is -0.472. The van der Waals surface area contributed by atoms with E-state index in [4.69, 9.17) is 11.6 Å². The number of halogens is 2. The molecule has 1 atom stereocenters. The topological polar surface area (TPSA) is 20.2 Å². The van der Waals surface area contributed by atoms with Crippen molar-refractivity contribution >= 4 is 11.6 Å². The van der Waals surface area contributed by atoms with Crippen LogP contribution in [0.5, 0.6) is 0 Å². The minimum Gasteiger partial charge on any atom is -0.384 e. The summed E-state index contributed by atoms with van der Waals surface area (Å²) >= 11 is 5.72. The zero-order valence-corrected chi connectivity index (χ0v) is 11.1. The van der Waals surface area contributed by atoms with Crippen molar-refractivity contribution in [1.29, 1.82) is 0 Å². The first-order valence-corrected chi connectivity index (χ1v) is 6.77. The van der Waals surface area contributed by atoms with Crippen LogP contribution in [0.1, 0.15) is 34.8 Å². The standard InChI is InChI=1S/C16H14ClFO/c17-13-6-7-14(15(18)9-13)16(19)12-5-4-10-2-1-3-11(10)8-12/h4-9,16,19H,1-3H2. The van der Waals surface area contributed by atoms with Gasteiger partial charge in [-0.3, -0.25) is 0 Å². The zero-order chi connectivity index (χ0) is 13.4. The van der Waals surface area contributed by atoms with Gasteiger partial charge >= 0.3 is 0 Å². The van der Waals surface area contributed by atoms with E-state index in [-0.39, 0.29) is 5.56 Å².